The third kappa shape index (κ3) is 3.60. The molecule has 1 fully saturated rings. The van der Waals surface area contributed by atoms with Crippen LogP contribution in [0.3, 0.4) is 0 Å². The summed E-state index contributed by atoms with van der Waals surface area (Å²) in [4.78, 5) is 27.2. The fraction of sp³-hybridized carbons (Fsp3) is 0.500. The number of hydrogen-bond donors (Lipinski definition) is 1. The lowest BCUT2D eigenvalue weighted by atomic mass is 10.1. The minimum atomic E-state index is -0.375. The molecule has 0 radical (unpaired) electrons. The molecule has 1 aliphatic heterocycles. The summed E-state index contributed by atoms with van der Waals surface area (Å²) < 4.78 is 3.79. The van der Waals surface area contributed by atoms with Gasteiger partial charge in [0.1, 0.15) is 5.69 Å². The summed E-state index contributed by atoms with van der Waals surface area (Å²) in [6.07, 6.45) is 6.41. The first kappa shape index (κ1) is 17.7. The van der Waals surface area contributed by atoms with Gasteiger partial charge in [-0.3, -0.25) is 19.0 Å². The number of likely N-dealkylation sites (tertiary alicyclic amines) is 1. The van der Waals surface area contributed by atoms with Crippen LogP contribution in [0, 0.1) is 0 Å². The molecule has 1 saturated heterocycles. The van der Waals surface area contributed by atoms with Crippen LogP contribution in [0.5, 0.6) is 0 Å². The first-order chi connectivity index (χ1) is 12.0. The average Bonchev–Trinajstić information content (AvgIpc) is 3.17. The molecular formula is C16H21BrN6O2. The maximum absolute atomic E-state index is 12.8. The van der Waals surface area contributed by atoms with Crippen molar-refractivity contribution >= 4 is 33.4 Å². The summed E-state index contributed by atoms with van der Waals surface area (Å²) in [7, 11) is 1.70. The molecule has 134 valence electrons. The highest BCUT2D eigenvalue weighted by atomic mass is 79.9. The highest BCUT2D eigenvalue weighted by Gasteiger charge is 2.26. The first-order valence-electron chi connectivity index (χ1n) is 8.36. The smallest absolute Gasteiger partial charge is 0.277 e. The van der Waals surface area contributed by atoms with Crippen LogP contribution in [0.1, 0.15) is 47.2 Å². The van der Waals surface area contributed by atoms with E-state index in [-0.39, 0.29) is 17.5 Å². The van der Waals surface area contributed by atoms with Crippen molar-refractivity contribution in [3.05, 3.63) is 28.3 Å². The van der Waals surface area contributed by atoms with Crippen molar-refractivity contribution < 1.29 is 9.59 Å². The highest BCUT2D eigenvalue weighted by molar-refractivity contribution is 9.10. The third-order valence-corrected chi connectivity index (χ3v) is 4.87. The number of piperidine rings is 1. The van der Waals surface area contributed by atoms with Gasteiger partial charge in [-0.15, -0.1) is 0 Å². The van der Waals surface area contributed by atoms with Gasteiger partial charge >= 0.3 is 0 Å². The Labute approximate surface area is 154 Å². The molecule has 1 N–H and O–H groups in total. The molecule has 9 heteroatoms. The Kier molecular flexibility index (Phi) is 5.22. The number of nitrogens with one attached hydrogen (secondary N) is 1. The number of amides is 2. The largest absolute Gasteiger partial charge is 0.337 e. The fourth-order valence-electron chi connectivity index (χ4n) is 2.92. The number of nitrogens with zero attached hydrogens (tertiary/aromatic N) is 5. The maximum atomic E-state index is 12.8. The molecular weight excluding hydrogens is 388 g/mol. The van der Waals surface area contributed by atoms with Gasteiger partial charge in [-0.25, -0.2) is 0 Å². The van der Waals surface area contributed by atoms with Crippen molar-refractivity contribution in [2.75, 3.05) is 18.4 Å². The van der Waals surface area contributed by atoms with Crippen LogP contribution in [0.25, 0.3) is 0 Å². The van der Waals surface area contributed by atoms with Gasteiger partial charge in [0.25, 0.3) is 11.8 Å². The lowest BCUT2D eigenvalue weighted by Gasteiger charge is -2.27. The van der Waals surface area contributed by atoms with Gasteiger partial charge < -0.3 is 10.2 Å². The van der Waals surface area contributed by atoms with E-state index in [1.165, 1.54) is 10.9 Å². The quantitative estimate of drug-likeness (QED) is 0.840. The van der Waals surface area contributed by atoms with Gasteiger partial charge in [0, 0.05) is 32.9 Å². The summed E-state index contributed by atoms with van der Waals surface area (Å²) in [6.45, 7) is 4.09. The highest BCUT2D eigenvalue weighted by Crippen LogP contribution is 2.22. The molecule has 3 rings (SSSR count). The minimum absolute atomic E-state index is 0.104. The second kappa shape index (κ2) is 7.38. The molecule has 3 heterocycles. The zero-order valence-electron chi connectivity index (χ0n) is 14.3. The van der Waals surface area contributed by atoms with Crippen LogP contribution >= 0.6 is 15.9 Å². The summed E-state index contributed by atoms with van der Waals surface area (Å²) >= 11 is 3.35. The standard InChI is InChI=1S/C16H21BrN6O2/c1-3-23-10-11(17)13(20-23)15(24)19-12-9-18-21(2)14(12)16(25)22-7-5-4-6-8-22/h9-10H,3-8H2,1-2H3,(H,19,24). The maximum Gasteiger partial charge on any atom is 0.277 e. The topological polar surface area (TPSA) is 85.0 Å². The molecule has 0 unspecified atom stereocenters. The molecule has 0 aromatic carbocycles. The summed E-state index contributed by atoms with van der Waals surface area (Å²) in [5.74, 6) is -0.479. The third-order valence-electron chi connectivity index (χ3n) is 4.29. The molecule has 0 bridgehead atoms. The summed E-state index contributed by atoms with van der Waals surface area (Å²) in [6, 6.07) is 0. The predicted molar refractivity (Wildman–Crippen MR) is 96.5 cm³/mol. The second-order valence-electron chi connectivity index (χ2n) is 6.02. The average molecular weight is 409 g/mol. The molecule has 8 nitrogen and oxygen atoms in total. The van der Waals surface area contributed by atoms with Crippen LogP contribution < -0.4 is 5.32 Å². The molecule has 0 saturated carbocycles. The number of carbonyl (C=O) groups excluding carboxylic acids is 2. The van der Waals surface area contributed by atoms with E-state index in [9.17, 15) is 9.59 Å². The van der Waals surface area contributed by atoms with Gasteiger partial charge in [0.05, 0.1) is 16.4 Å². The Morgan fingerprint density at radius 1 is 1.28 bits per heavy atom. The van der Waals surface area contributed by atoms with E-state index < -0.39 is 0 Å². The Balaban J connectivity index is 1.82. The lowest BCUT2D eigenvalue weighted by Crippen LogP contribution is -2.37. The van der Waals surface area contributed by atoms with E-state index in [1.807, 2.05) is 11.8 Å². The van der Waals surface area contributed by atoms with Crippen molar-refractivity contribution in [1.82, 2.24) is 24.5 Å². The fourth-order valence-corrected chi connectivity index (χ4v) is 3.42. The number of hydrogen-bond acceptors (Lipinski definition) is 4. The van der Waals surface area contributed by atoms with Gasteiger partial charge in [0.2, 0.25) is 0 Å². The SMILES string of the molecule is CCn1cc(Br)c(C(=O)Nc2cnn(C)c2C(=O)N2CCCCC2)n1. The van der Waals surface area contributed by atoms with Crippen LogP contribution in [-0.2, 0) is 13.6 Å². The Morgan fingerprint density at radius 2 is 2.00 bits per heavy atom. The second-order valence-corrected chi connectivity index (χ2v) is 6.87. The van der Waals surface area contributed by atoms with Crippen LogP contribution in [0.2, 0.25) is 0 Å². The molecule has 2 aromatic rings. The monoisotopic (exact) mass is 408 g/mol. The van der Waals surface area contributed by atoms with Crippen molar-refractivity contribution in [1.29, 1.82) is 0 Å². The number of anilines is 1. The zero-order valence-corrected chi connectivity index (χ0v) is 15.9. The summed E-state index contributed by atoms with van der Waals surface area (Å²) in [5.41, 5.74) is 1.07. The normalized spacial score (nSPS) is 14.6. The molecule has 25 heavy (non-hydrogen) atoms. The van der Waals surface area contributed by atoms with E-state index >= 15 is 0 Å². The number of aryl methyl sites for hydroxylation is 2. The minimum Gasteiger partial charge on any atom is -0.337 e. The molecule has 2 aromatic heterocycles. The van der Waals surface area contributed by atoms with Gasteiger partial charge in [-0.2, -0.15) is 10.2 Å². The molecule has 1 aliphatic rings. The Hall–Kier alpha value is -2.16. The zero-order chi connectivity index (χ0) is 18.0. The van der Waals surface area contributed by atoms with Gasteiger partial charge in [-0.1, -0.05) is 0 Å². The lowest BCUT2D eigenvalue weighted by molar-refractivity contribution is 0.0714. The van der Waals surface area contributed by atoms with E-state index in [0.29, 0.717) is 22.4 Å². The van der Waals surface area contributed by atoms with Crippen molar-refractivity contribution in [2.45, 2.75) is 32.7 Å². The first-order valence-corrected chi connectivity index (χ1v) is 9.16. The Morgan fingerprint density at radius 3 is 2.64 bits per heavy atom. The number of carbonyl (C=O) groups is 2. The van der Waals surface area contributed by atoms with Crippen molar-refractivity contribution in [3.63, 3.8) is 0 Å². The summed E-state index contributed by atoms with van der Waals surface area (Å²) in [5, 5.41) is 11.1. The van der Waals surface area contributed by atoms with Crippen molar-refractivity contribution in [3.8, 4) is 0 Å². The van der Waals surface area contributed by atoms with Crippen LogP contribution in [0.15, 0.2) is 16.9 Å². The molecule has 0 spiro atoms. The number of rotatable bonds is 4. The van der Waals surface area contributed by atoms with Gasteiger partial charge in [0.15, 0.2) is 5.69 Å². The number of halogens is 1. The predicted octanol–water partition coefficient (Wildman–Crippen LogP) is 2.28. The van der Waals surface area contributed by atoms with Crippen LogP contribution in [-0.4, -0.2) is 49.4 Å². The van der Waals surface area contributed by atoms with Crippen LogP contribution in [0.4, 0.5) is 5.69 Å². The number of aromatic nitrogens is 4. The molecule has 0 atom stereocenters. The molecule has 0 aliphatic carbocycles. The van der Waals surface area contributed by atoms with E-state index in [4.69, 9.17) is 0 Å². The molecule has 2 amide bonds. The van der Waals surface area contributed by atoms with E-state index in [2.05, 4.69) is 31.4 Å². The van der Waals surface area contributed by atoms with Gasteiger partial charge in [-0.05, 0) is 42.1 Å². The Bertz CT molecular complexity index is 791. The van der Waals surface area contributed by atoms with E-state index in [1.54, 1.807) is 17.9 Å². The van der Waals surface area contributed by atoms with E-state index in [0.717, 1.165) is 32.4 Å². The van der Waals surface area contributed by atoms with Crippen molar-refractivity contribution in [2.24, 2.45) is 7.05 Å².